The van der Waals surface area contributed by atoms with Gasteiger partial charge < -0.3 is 25.0 Å². The summed E-state index contributed by atoms with van der Waals surface area (Å²) in [5, 5.41) is 11.9. The number of carbonyl (C=O) groups excluding carboxylic acids is 1. The fraction of sp³-hybridized carbons (Fsp3) is 0.529. The number of rotatable bonds is 5. The van der Waals surface area contributed by atoms with Crippen LogP contribution in [0, 0.1) is 5.92 Å². The second kappa shape index (κ2) is 7.76. The number of amides is 2. The van der Waals surface area contributed by atoms with Crippen molar-refractivity contribution in [2.45, 2.75) is 25.5 Å². The minimum absolute atomic E-state index is 0.110. The number of nitrogens with zero attached hydrogens (tertiary/aromatic N) is 2. The highest BCUT2D eigenvalue weighted by atomic mass is 19.3. The third-order valence-corrected chi connectivity index (χ3v) is 4.76. The van der Waals surface area contributed by atoms with Gasteiger partial charge in [0, 0.05) is 32.2 Å². The minimum atomic E-state index is -2.90. The highest BCUT2D eigenvalue weighted by Crippen LogP contribution is 2.31. The van der Waals surface area contributed by atoms with Crippen LogP contribution in [-0.2, 0) is 4.79 Å². The molecule has 2 saturated heterocycles. The molecule has 2 aliphatic heterocycles. The van der Waals surface area contributed by atoms with Crippen molar-refractivity contribution in [1.82, 2.24) is 10.2 Å². The molecule has 2 amide bonds. The normalized spacial score (nSPS) is 22.7. The Hall–Kier alpha value is -2.58. The van der Waals surface area contributed by atoms with Crippen molar-refractivity contribution in [3.8, 4) is 5.75 Å². The smallest absolute Gasteiger partial charge is 0.387 e. The lowest BCUT2D eigenvalue weighted by atomic mass is 10.1. The molecule has 1 aromatic rings. The maximum Gasteiger partial charge on any atom is 0.387 e. The zero-order chi connectivity index (χ0) is 18.7. The Morgan fingerprint density at radius 3 is 2.65 bits per heavy atom. The third-order valence-electron chi connectivity index (χ3n) is 4.76. The lowest BCUT2D eigenvalue weighted by Gasteiger charge is -2.23. The van der Waals surface area contributed by atoms with Crippen molar-refractivity contribution in [3.05, 3.63) is 24.3 Å². The van der Waals surface area contributed by atoms with Gasteiger partial charge in [0.15, 0.2) is 0 Å². The zero-order valence-electron chi connectivity index (χ0n) is 14.1. The predicted octanol–water partition coefficient (Wildman–Crippen LogP) is 1.98. The summed E-state index contributed by atoms with van der Waals surface area (Å²) in [5.74, 6) is -1.29. The first-order valence-electron chi connectivity index (χ1n) is 8.51. The molecule has 3 rings (SSSR count). The maximum absolute atomic E-state index is 12.6. The van der Waals surface area contributed by atoms with Gasteiger partial charge in [-0.05, 0) is 25.0 Å². The standard InChI is InChI=1S/C17H21F2N3O4/c18-16(19)26-14-4-2-1-3-13(14)21-8-6-12(10-21)20-17(25)22-7-5-11(9-22)15(23)24/h1-4,11-12,16H,5-10H2,(H,20,25)(H,23,24). The van der Waals surface area contributed by atoms with E-state index in [0.29, 0.717) is 38.2 Å². The number of carboxylic acids is 1. The SMILES string of the molecule is O=C(O)C1CCN(C(=O)NC2CCN(c3ccccc3OC(F)F)C2)C1. The third kappa shape index (κ3) is 4.14. The molecule has 2 unspecified atom stereocenters. The molecule has 2 atom stereocenters. The summed E-state index contributed by atoms with van der Waals surface area (Å²) in [6.07, 6.45) is 1.13. The number of halogens is 2. The van der Waals surface area contributed by atoms with E-state index in [2.05, 4.69) is 10.1 Å². The van der Waals surface area contributed by atoms with E-state index >= 15 is 0 Å². The topological polar surface area (TPSA) is 82.1 Å². The van der Waals surface area contributed by atoms with Gasteiger partial charge in [-0.15, -0.1) is 0 Å². The number of anilines is 1. The van der Waals surface area contributed by atoms with E-state index < -0.39 is 18.5 Å². The Kier molecular flexibility index (Phi) is 5.43. The van der Waals surface area contributed by atoms with Gasteiger partial charge in [-0.3, -0.25) is 4.79 Å². The van der Waals surface area contributed by atoms with Gasteiger partial charge in [-0.2, -0.15) is 8.78 Å². The molecule has 7 nitrogen and oxygen atoms in total. The Morgan fingerprint density at radius 1 is 1.19 bits per heavy atom. The van der Waals surface area contributed by atoms with Gasteiger partial charge >= 0.3 is 18.6 Å². The number of urea groups is 1. The fourth-order valence-electron chi connectivity index (χ4n) is 3.42. The average molecular weight is 369 g/mol. The van der Waals surface area contributed by atoms with E-state index in [1.165, 1.54) is 11.0 Å². The molecule has 2 aliphatic rings. The summed E-state index contributed by atoms with van der Waals surface area (Å²) >= 11 is 0. The van der Waals surface area contributed by atoms with E-state index in [4.69, 9.17) is 5.11 Å². The molecule has 0 spiro atoms. The highest BCUT2D eigenvalue weighted by Gasteiger charge is 2.33. The summed E-state index contributed by atoms with van der Waals surface area (Å²) in [4.78, 5) is 26.7. The molecular weight excluding hydrogens is 348 g/mol. The molecule has 0 bridgehead atoms. The molecule has 1 aromatic carbocycles. The quantitative estimate of drug-likeness (QED) is 0.830. The molecule has 2 N–H and O–H groups in total. The first-order chi connectivity index (χ1) is 12.4. The Bertz CT molecular complexity index is 673. The van der Waals surface area contributed by atoms with Gasteiger partial charge in [0.25, 0.3) is 0 Å². The van der Waals surface area contributed by atoms with Crippen molar-refractivity contribution in [3.63, 3.8) is 0 Å². The van der Waals surface area contributed by atoms with E-state index in [0.717, 1.165) is 0 Å². The number of nitrogens with one attached hydrogen (secondary N) is 1. The summed E-state index contributed by atoms with van der Waals surface area (Å²) < 4.78 is 29.7. The first kappa shape index (κ1) is 18.2. The zero-order valence-corrected chi connectivity index (χ0v) is 14.1. The molecule has 0 saturated carbocycles. The highest BCUT2D eigenvalue weighted by molar-refractivity contribution is 5.77. The van der Waals surface area contributed by atoms with Crippen molar-refractivity contribution in [2.75, 3.05) is 31.1 Å². The Labute approximate surface area is 149 Å². The van der Waals surface area contributed by atoms with Gasteiger partial charge in [-0.1, -0.05) is 12.1 Å². The van der Waals surface area contributed by atoms with Gasteiger partial charge in [0.05, 0.1) is 11.6 Å². The van der Waals surface area contributed by atoms with Crippen LogP contribution in [0.1, 0.15) is 12.8 Å². The Balaban J connectivity index is 1.56. The lowest BCUT2D eigenvalue weighted by molar-refractivity contribution is -0.141. The van der Waals surface area contributed by atoms with Gasteiger partial charge in [0.1, 0.15) is 5.75 Å². The molecule has 0 radical (unpaired) electrons. The molecule has 0 aromatic heterocycles. The number of alkyl halides is 2. The van der Waals surface area contributed by atoms with Gasteiger partial charge in [0.2, 0.25) is 0 Å². The molecule has 26 heavy (non-hydrogen) atoms. The van der Waals surface area contributed by atoms with Crippen LogP contribution in [0.4, 0.5) is 19.3 Å². The van der Waals surface area contributed by atoms with E-state index in [9.17, 15) is 18.4 Å². The molecule has 0 aliphatic carbocycles. The number of benzene rings is 1. The van der Waals surface area contributed by atoms with Crippen LogP contribution in [0.3, 0.4) is 0 Å². The van der Waals surface area contributed by atoms with E-state index in [-0.39, 0.29) is 24.4 Å². The van der Waals surface area contributed by atoms with Gasteiger partial charge in [-0.25, -0.2) is 4.79 Å². The van der Waals surface area contributed by atoms with Crippen LogP contribution in [0.2, 0.25) is 0 Å². The first-order valence-corrected chi connectivity index (χ1v) is 8.51. The van der Waals surface area contributed by atoms with Crippen LogP contribution >= 0.6 is 0 Å². The molecule has 142 valence electrons. The van der Waals surface area contributed by atoms with Crippen molar-refractivity contribution in [1.29, 1.82) is 0 Å². The largest absolute Gasteiger partial charge is 0.481 e. The lowest BCUT2D eigenvalue weighted by Crippen LogP contribution is -2.45. The number of carboxylic acid groups (broad SMARTS) is 1. The number of aliphatic carboxylic acids is 1. The second-order valence-corrected chi connectivity index (χ2v) is 6.50. The second-order valence-electron chi connectivity index (χ2n) is 6.50. The summed E-state index contributed by atoms with van der Waals surface area (Å²) in [7, 11) is 0. The molecule has 2 heterocycles. The van der Waals surface area contributed by atoms with Crippen LogP contribution in [0.5, 0.6) is 5.75 Å². The van der Waals surface area contributed by atoms with Crippen molar-refractivity contribution >= 4 is 17.7 Å². The monoisotopic (exact) mass is 369 g/mol. The van der Waals surface area contributed by atoms with E-state index in [1.807, 2.05) is 4.90 Å². The molecule has 2 fully saturated rings. The minimum Gasteiger partial charge on any atom is -0.481 e. The maximum atomic E-state index is 12.6. The number of para-hydroxylation sites is 2. The van der Waals surface area contributed by atoms with Crippen LogP contribution < -0.4 is 15.0 Å². The van der Waals surface area contributed by atoms with E-state index in [1.54, 1.807) is 18.2 Å². The van der Waals surface area contributed by atoms with Crippen LogP contribution in [-0.4, -0.2) is 60.8 Å². The van der Waals surface area contributed by atoms with Crippen molar-refractivity contribution < 1.29 is 28.2 Å². The number of hydrogen-bond donors (Lipinski definition) is 2. The van der Waals surface area contributed by atoms with Crippen LogP contribution in [0.15, 0.2) is 24.3 Å². The summed E-state index contributed by atoms with van der Waals surface area (Å²) in [5.41, 5.74) is 0.566. The number of ether oxygens (including phenoxy) is 1. The number of likely N-dealkylation sites (tertiary alicyclic amines) is 1. The van der Waals surface area contributed by atoms with Crippen LogP contribution in [0.25, 0.3) is 0 Å². The summed E-state index contributed by atoms with van der Waals surface area (Å²) in [6, 6.07) is 6.16. The average Bonchev–Trinajstić information content (AvgIpc) is 3.24. The number of hydrogen-bond acceptors (Lipinski definition) is 4. The Morgan fingerprint density at radius 2 is 1.96 bits per heavy atom. The summed E-state index contributed by atoms with van der Waals surface area (Å²) in [6.45, 7) is -1.18. The molecular formula is C17H21F2N3O4. The van der Waals surface area contributed by atoms with Crippen molar-refractivity contribution in [2.24, 2.45) is 5.92 Å². The number of carbonyl (C=O) groups is 2. The molecule has 9 heteroatoms. The fourth-order valence-corrected chi connectivity index (χ4v) is 3.42. The predicted molar refractivity (Wildman–Crippen MR) is 89.5 cm³/mol.